The summed E-state index contributed by atoms with van der Waals surface area (Å²) in [4.78, 5) is 26.4. The molecule has 3 N–H and O–H groups in total. The van der Waals surface area contributed by atoms with Crippen LogP contribution >= 0.6 is 20.0 Å². The van der Waals surface area contributed by atoms with Gasteiger partial charge in [-0.05, 0) is 58.5 Å². The Morgan fingerprint density at radius 3 is 2.67 bits per heavy atom. The first kappa shape index (κ1) is 26.7. The molecule has 2 aliphatic rings. The molecule has 2 fully saturated rings. The second-order valence-electron chi connectivity index (χ2n) is 9.55. The van der Waals surface area contributed by atoms with Gasteiger partial charge in [-0.25, -0.2) is 4.57 Å². The van der Waals surface area contributed by atoms with Crippen LogP contribution in [0.3, 0.4) is 0 Å². The number of nitrogens with zero attached hydrogens (tertiary/aromatic N) is 1. The third-order valence-electron chi connectivity index (χ3n) is 6.18. The summed E-state index contributed by atoms with van der Waals surface area (Å²) in [6.45, 7) is 6.35. The van der Waals surface area contributed by atoms with Gasteiger partial charge in [0.1, 0.15) is 23.0 Å². The van der Waals surface area contributed by atoms with Crippen LogP contribution in [0.4, 0.5) is 0 Å². The van der Waals surface area contributed by atoms with Crippen LogP contribution in [0.1, 0.15) is 40.3 Å². The zero-order valence-corrected chi connectivity index (χ0v) is 22.1. The third kappa shape index (κ3) is 5.49. The number of benzene rings is 1. The fourth-order valence-corrected chi connectivity index (χ4v) is 6.15. The lowest BCUT2D eigenvalue weighted by molar-refractivity contribution is -0.149. The van der Waals surface area contributed by atoms with E-state index in [0.29, 0.717) is 6.42 Å². The molecule has 1 aliphatic heterocycles. The van der Waals surface area contributed by atoms with Crippen LogP contribution < -0.4 is 15.2 Å². The maximum atomic E-state index is 13.8. The van der Waals surface area contributed by atoms with Crippen LogP contribution in [0.2, 0.25) is 0 Å². The van der Waals surface area contributed by atoms with Crippen LogP contribution in [0.25, 0.3) is 0 Å². The molecular weight excluding hydrogens is 509 g/mol. The molecule has 0 spiro atoms. The first-order valence-corrected chi connectivity index (χ1v) is 13.5. The van der Waals surface area contributed by atoms with Crippen molar-refractivity contribution >= 4 is 25.9 Å². The number of rotatable bonds is 10. The fraction of sp³-hybridized carbons (Fsp3) is 0.522. The minimum atomic E-state index is -4.10. The second-order valence-corrected chi connectivity index (χ2v) is 11.6. The van der Waals surface area contributed by atoms with Gasteiger partial charge in [0.15, 0.2) is 11.0 Å². The van der Waals surface area contributed by atoms with E-state index < -0.39 is 37.2 Å². The molecule has 1 aliphatic carbocycles. The van der Waals surface area contributed by atoms with Crippen molar-refractivity contribution in [3.63, 3.8) is 0 Å². The number of esters is 1. The number of carbonyl (C=O) groups excluding carboxylic acids is 1. The van der Waals surface area contributed by atoms with Gasteiger partial charge in [-0.1, -0.05) is 18.2 Å². The maximum absolute atomic E-state index is 13.8. The number of hydrogen-bond donors (Lipinski definition) is 3. The van der Waals surface area contributed by atoms with E-state index in [9.17, 15) is 19.3 Å². The van der Waals surface area contributed by atoms with E-state index in [1.807, 2.05) is 0 Å². The molecule has 4 rings (SSSR count). The standard InChI is InChI=1S/C23H30N3O8PS/c1-14(2)32-19(28)15(3)25-35(30,34-16-8-6-5-7-9-16)31-13-23-12-17(23)22(4,29)20(33-23)26-11-10-18(27)24-21(26)36/h5-11,14-15,17,20,29H,12-13H2,1-4H3,(H,25,30)(H,24,27,36). The van der Waals surface area contributed by atoms with Gasteiger partial charge >= 0.3 is 13.7 Å². The smallest absolute Gasteiger partial charge is 0.459 e. The summed E-state index contributed by atoms with van der Waals surface area (Å²) in [5.41, 5.74) is -2.67. The number of para-hydroxylation sites is 1. The number of carbonyl (C=O) groups is 1. The highest BCUT2D eigenvalue weighted by atomic mass is 32.1. The van der Waals surface area contributed by atoms with Crippen molar-refractivity contribution in [2.45, 2.75) is 63.7 Å². The molecule has 6 atom stereocenters. The van der Waals surface area contributed by atoms with Gasteiger partial charge in [0.05, 0.1) is 12.7 Å². The normalized spacial score (nSPS) is 29.3. The monoisotopic (exact) mass is 539 g/mol. The van der Waals surface area contributed by atoms with Crippen molar-refractivity contribution in [3.8, 4) is 5.75 Å². The summed E-state index contributed by atoms with van der Waals surface area (Å²) in [6.07, 6.45) is 0.649. The highest BCUT2D eigenvalue weighted by molar-refractivity contribution is 7.71. The molecule has 0 bridgehead atoms. The summed E-state index contributed by atoms with van der Waals surface area (Å²) >= 11 is 5.23. The van der Waals surface area contributed by atoms with E-state index in [-0.39, 0.29) is 34.7 Å². The van der Waals surface area contributed by atoms with Gasteiger partial charge in [0.25, 0.3) is 5.56 Å². The van der Waals surface area contributed by atoms with Gasteiger partial charge < -0.3 is 19.1 Å². The molecule has 0 amide bonds. The number of aliphatic hydroxyl groups is 1. The Bertz CT molecular complexity index is 1280. The lowest BCUT2D eigenvalue weighted by atomic mass is 9.98. The molecule has 11 nitrogen and oxygen atoms in total. The van der Waals surface area contributed by atoms with Gasteiger partial charge in [-0.2, -0.15) is 5.09 Å². The van der Waals surface area contributed by atoms with Crippen LogP contribution in [0.5, 0.6) is 5.75 Å². The van der Waals surface area contributed by atoms with Crippen molar-refractivity contribution in [1.82, 2.24) is 14.6 Å². The van der Waals surface area contributed by atoms with Crippen LogP contribution in [0, 0.1) is 10.7 Å². The van der Waals surface area contributed by atoms with Gasteiger partial charge in [-0.3, -0.25) is 23.7 Å². The average molecular weight is 540 g/mol. The summed E-state index contributed by atoms with van der Waals surface area (Å²) in [5, 5.41) is 13.9. The molecule has 2 aromatic rings. The first-order valence-electron chi connectivity index (χ1n) is 11.5. The van der Waals surface area contributed by atoms with Crippen molar-refractivity contribution in [2.75, 3.05) is 6.61 Å². The molecule has 13 heteroatoms. The number of aromatic amines is 1. The minimum Gasteiger partial charge on any atom is -0.462 e. The van der Waals surface area contributed by atoms with E-state index in [0.717, 1.165) is 0 Å². The topological polar surface area (TPSA) is 141 Å². The number of fused-ring (bicyclic) bond motifs is 1. The quantitative estimate of drug-likeness (QED) is 0.234. The molecule has 1 aromatic carbocycles. The molecule has 2 heterocycles. The molecule has 196 valence electrons. The average Bonchev–Trinajstić information content (AvgIpc) is 3.47. The minimum absolute atomic E-state index is 0.0994. The summed E-state index contributed by atoms with van der Waals surface area (Å²) in [7, 11) is -4.10. The number of hydrogen-bond acceptors (Lipinski definition) is 9. The summed E-state index contributed by atoms with van der Waals surface area (Å²) in [6, 6.07) is 8.71. The highest BCUT2D eigenvalue weighted by Crippen LogP contribution is 2.65. The Balaban J connectivity index is 1.53. The van der Waals surface area contributed by atoms with Crippen molar-refractivity contribution < 1.29 is 33.0 Å². The maximum Gasteiger partial charge on any atom is 0.459 e. The molecule has 1 aromatic heterocycles. The Labute approximate surface area is 213 Å². The SMILES string of the molecule is CC(C)OC(=O)C(C)NP(=O)(OCC12CC1C(C)(O)C(n1ccc(=O)[nH]c1=S)O2)Oc1ccccc1. The first-order chi connectivity index (χ1) is 16.9. The van der Waals surface area contributed by atoms with E-state index in [1.165, 1.54) is 23.8 Å². The van der Waals surface area contributed by atoms with Crippen LogP contribution in [0.15, 0.2) is 47.4 Å². The van der Waals surface area contributed by atoms with Gasteiger partial charge in [0.2, 0.25) is 0 Å². The van der Waals surface area contributed by atoms with E-state index in [4.69, 9.17) is 30.7 Å². The van der Waals surface area contributed by atoms with E-state index >= 15 is 0 Å². The summed E-state index contributed by atoms with van der Waals surface area (Å²) < 4.78 is 38.2. The predicted octanol–water partition coefficient (Wildman–Crippen LogP) is 3.08. The highest BCUT2D eigenvalue weighted by Gasteiger charge is 2.73. The van der Waals surface area contributed by atoms with Crippen LogP contribution in [-0.2, 0) is 23.4 Å². The van der Waals surface area contributed by atoms with Gasteiger partial charge in [0, 0.05) is 18.2 Å². The van der Waals surface area contributed by atoms with Crippen molar-refractivity contribution in [2.24, 2.45) is 5.92 Å². The van der Waals surface area contributed by atoms with E-state index in [2.05, 4.69) is 10.1 Å². The Hall–Kier alpha value is -2.34. The molecule has 36 heavy (non-hydrogen) atoms. The third-order valence-corrected chi connectivity index (χ3v) is 8.12. The zero-order valence-electron chi connectivity index (χ0n) is 20.4. The molecule has 1 saturated carbocycles. The number of ether oxygens (including phenoxy) is 2. The van der Waals surface area contributed by atoms with E-state index in [1.54, 1.807) is 51.1 Å². The summed E-state index contributed by atoms with van der Waals surface area (Å²) in [5.74, 6) is -0.683. The van der Waals surface area contributed by atoms with Gasteiger partial charge in [-0.15, -0.1) is 0 Å². The number of aromatic nitrogens is 2. The van der Waals surface area contributed by atoms with Crippen LogP contribution in [-0.4, -0.2) is 50.6 Å². The molecular formula is C23H30N3O8PS. The Morgan fingerprint density at radius 2 is 2.03 bits per heavy atom. The number of H-pyrrole nitrogens is 1. The lowest BCUT2D eigenvalue weighted by Crippen LogP contribution is -2.37. The Kier molecular flexibility index (Phi) is 7.31. The lowest BCUT2D eigenvalue weighted by Gasteiger charge is -2.30. The fourth-order valence-electron chi connectivity index (χ4n) is 4.34. The number of nitrogens with one attached hydrogen (secondary N) is 2. The largest absolute Gasteiger partial charge is 0.462 e. The van der Waals surface area contributed by atoms with Crippen molar-refractivity contribution in [3.05, 3.63) is 57.7 Å². The zero-order chi connectivity index (χ0) is 26.3. The predicted molar refractivity (Wildman–Crippen MR) is 132 cm³/mol. The molecule has 0 radical (unpaired) electrons. The van der Waals surface area contributed by atoms with Crippen molar-refractivity contribution in [1.29, 1.82) is 0 Å². The molecule has 6 unspecified atom stereocenters. The second kappa shape index (κ2) is 9.85. The molecule has 1 saturated heterocycles. The Morgan fingerprint density at radius 1 is 1.33 bits per heavy atom.